The van der Waals surface area contributed by atoms with Crippen LogP contribution in [0.4, 0.5) is 15.8 Å². The molecule has 1 saturated heterocycles. The van der Waals surface area contributed by atoms with E-state index in [9.17, 15) is 14.3 Å². The standard InChI is InChI=1S/C21H20FN5O2/c22-16-3-4-17(25-20(16)14-2-1-8-23-12-14)21(29)26-18-13-24-9-5-19(18)27-10-6-15(28)7-11-27/h1-5,8-9,12-13,15,28H,6-7,10-11H2,(H,26,29). The molecule has 1 fully saturated rings. The van der Waals surface area contributed by atoms with Crippen LogP contribution in [0.5, 0.6) is 0 Å². The number of hydrogen-bond donors (Lipinski definition) is 2. The second-order valence-electron chi connectivity index (χ2n) is 6.83. The summed E-state index contributed by atoms with van der Waals surface area (Å²) in [5.41, 5.74) is 2.03. The number of halogens is 1. The molecule has 0 radical (unpaired) electrons. The number of carbonyl (C=O) groups is 1. The number of aliphatic hydroxyl groups excluding tert-OH is 1. The average Bonchev–Trinajstić information content (AvgIpc) is 2.76. The Kier molecular flexibility index (Phi) is 5.44. The molecule has 3 aromatic heterocycles. The van der Waals surface area contributed by atoms with Gasteiger partial charge in [-0.25, -0.2) is 9.37 Å². The van der Waals surface area contributed by atoms with Crippen molar-refractivity contribution >= 4 is 17.3 Å². The van der Waals surface area contributed by atoms with Gasteiger partial charge in [-0.2, -0.15) is 0 Å². The minimum Gasteiger partial charge on any atom is -0.393 e. The van der Waals surface area contributed by atoms with E-state index in [0.717, 1.165) is 5.69 Å². The molecule has 148 valence electrons. The molecular weight excluding hydrogens is 373 g/mol. The molecule has 0 unspecified atom stereocenters. The van der Waals surface area contributed by atoms with Crippen LogP contribution < -0.4 is 10.2 Å². The lowest BCUT2D eigenvalue weighted by molar-refractivity contribution is 0.102. The van der Waals surface area contributed by atoms with Crippen molar-refractivity contribution in [1.82, 2.24) is 15.0 Å². The third-order valence-corrected chi connectivity index (χ3v) is 4.87. The van der Waals surface area contributed by atoms with Crippen LogP contribution in [0.2, 0.25) is 0 Å². The van der Waals surface area contributed by atoms with Gasteiger partial charge < -0.3 is 15.3 Å². The molecule has 0 saturated carbocycles. The first-order chi connectivity index (χ1) is 14.1. The van der Waals surface area contributed by atoms with Gasteiger partial charge >= 0.3 is 0 Å². The average molecular weight is 393 g/mol. The molecule has 0 bridgehead atoms. The van der Waals surface area contributed by atoms with Gasteiger partial charge in [0.15, 0.2) is 0 Å². The lowest BCUT2D eigenvalue weighted by Gasteiger charge is -2.32. The topological polar surface area (TPSA) is 91.2 Å². The second-order valence-corrected chi connectivity index (χ2v) is 6.83. The molecule has 4 rings (SSSR count). The normalized spacial score (nSPS) is 14.6. The van der Waals surface area contributed by atoms with E-state index in [0.29, 0.717) is 37.2 Å². The number of aromatic nitrogens is 3. The Labute approximate surface area is 167 Å². The number of hydrogen-bond acceptors (Lipinski definition) is 6. The van der Waals surface area contributed by atoms with Gasteiger partial charge in [-0.05, 0) is 43.2 Å². The van der Waals surface area contributed by atoms with Gasteiger partial charge in [0.2, 0.25) is 0 Å². The van der Waals surface area contributed by atoms with Crippen LogP contribution in [-0.4, -0.2) is 45.2 Å². The summed E-state index contributed by atoms with van der Waals surface area (Å²) in [5.74, 6) is -0.982. The maximum absolute atomic E-state index is 14.2. The minimum atomic E-state index is -0.525. The molecule has 1 amide bonds. The quantitative estimate of drug-likeness (QED) is 0.708. The fraction of sp³-hybridized carbons (Fsp3) is 0.238. The molecule has 8 heteroatoms. The number of nitrogens with zero attached hydrogens (tertiary/aromatic N) is 4. The van der Waals surface area contributed by atoms with Gasteiger partial charge in [0.05, 0.1) is 23.7 Å². The zero-order valence-electron chi connectivity index (χ0n) is 15.6. The summed E-state index contributed by atoms with van der Waals surface area (Å²) in [6.07, 6.45) is 7.36. The number of amides is 1. The molecule has 2 N–H and O–H groups in total. The number of piperidine rings is 1. The van der Waals surface area contributed by atoms with Crippen LogP contribution in [0, 0.1) is 5.82 Å². The van der Waals surface area contributed by atoms with Gasteiger partial charge in [-0.3, -0.25) is 14.8 Å². The highest BCUT2D eigenvalue weighted by Crippen LogP contribution is 2.28. The van der Waals surface area contributed by atoms with Crippen molar-refractivity contribution < 1.29 is 14.3 Å². The summed E-state index contributed by atoms with van der Waals surface area (Å²) in [4.78, 5) is 27.2. The molecule has 1 aliphatic rings. The minimum absolute atomic E-state index is 0.0715. The van der Waals surface area contributed by atoms with E-state index in [1.807, 2.05) is 6.07 Å². The smallest absolute Gasteiger partial charge is 0.274 e. The number of pyridine rings is 3. The highest BCUT2D eigenvalue weighted by Gasteiger charge is 2.21. The molecule has 1 aliphatic heterocycles. The summed E-state index contributed by atoms with van der Waals surface area (Å²) in [5, 5.41) is 12.6. The Balaban J connectivity index is 1.58. The first-order valence-corrected chi connectivity index (χ1v) is 9.37. The fourth-order valence-corrected chi connectivity index (χ4v) is 3.33. The van der Waals surface area contributed by atoms with Crippen LogP contribution in [0.3, 0.4) is 0 Å². The summed E-state index contributed by atoms with van der Waals surface area (Å²) < 4.78 is 14.2. The van der Waals surface area contributed by atoms with E-state index in [1.54, 1.807) is 30.7 Å². The Morgan fingerprint density at radius 3 is 2.66 bits per heavy atom. The van der Waals surface area contributed by atoms with Crippen molar-refractivity contribution in [1.29, 1.82) is 0 Å². The molecule has 3 aromatic rings. The summed E-state index contributed by atoms with van der Waals surface area (Å²) in [7, 11) is 0. The maximum Gasteiger partial charge on any atom is 0.274 e. The molecule has 7 nitrogen and oxygen atoms in total. The van der Waals surface area contributed by atoms with Gasteiger partial charge in [0.25, 0.3) is 5.91 Å². The van der Waals surface area contributed by atoms with E-state index < -0.39 is 11.7 Å². The highest BCUT2D eigenvalue weighted by molar-refractivity contribution is 6.04. The number of rotatable bonds is 4. The summed E-state index contributed by atoms with van der Waals surface area (Å²) in [6, 6.07) is 7.76. The Hall–Kier alpha value is -3.39. The van der Waals surface area contributed by atoms with Crippen molar-refractivity contribution in [3.05, 3.63) is 66.6 Å². The molecule has 0 aromatic carbocycles. The van der Waals surface area contributed by atoms with Crippen molar-refractivity contribution in [3.8, 4) is 11.3 Å². The van der Waals surface area contributed by atoms with Crippen LogP contribution in [0.15, 0.2) is 55.1 Å². The number of aliphatic hydroxyl groups is 1. The Morgan fingerprint density at radius 2 is 1.90 bits per heavy atom. The molecule has 0 spiro atoms. The van der Waals surface area contributed by atoms with Crippen LogP contribution >= 0.6 is 0 Å². The van der Waals surface area contributed by atoms with Crippen molar-refractivity contribution in [3.63, 3.8) is 0 Å². The number of anilines is 2. The lowest BCUT2D eigenvalue weighted by atomic mass is 10.1. The first kappa shape index (κ1) is 18.9. The van der Waals surface area contributed by atoms with E-state index >= 15 is 0 Å². The Bertz CT molecular complexity index is 1010. The SMILES string of the molecule is O=C(Nc1cnccc1N1CCC(O)CC1)c1ccc(F)c(-c2cccnc2)n1. The van der Waals surface area contributed by atoms with Crippen molar-refractivity contribution in [2.24, 2.45) is 0 Å². The maximum atomic E-state index is 14.2. The molecular formula is C21H20FN5O2. The first-order valence-electron chi connectivity index (χ1n) is 9.37. The van der Waals surface area contributed by atoms with Crippen LogP contribution in [0.1, 0.15) is 23.3 Å². The van der Waals surface area contributed by atoms with E-state index in [-0.39, 0.29) is 17.5 Å². The monoisotopic (exact) mass is 393 g/mol. The van der Waals surface area contributed by atoms with Gasteiger partial charge in [0, 0.05) is 37.2 Å². The number of nitrogens with one attached hydrogen (secondary N) is 1. The highest BCUT2D eigenvalue weighted by atomic mass is 19.1. The van der Waals surface area contributed by atoms with E-state index in [4.69, 9.17) is 0 Å². The predicted octanol–water partition coefficient (Wildman–Crippen LogP) is 2.89. The third-order valence-electron chi connectivity index (χ3n) is 4.87. The predicted molar refractivity (Wildman–Crippen MR) is 107 cm³/mol. The molecule has 0 aliphatic carbocycles. The molecule has 29 heavy (non-hydrogen) atoms. The molecule has 4 heterocycles. The van der Waals surface area contributed by atoms with E-state index in [1.165, 1.54) is 18.3 Å². The molecule has 0 atom stereocenters. The largest absolute Gasteiger partial charge is 0.393 e. The second kappa shape index (κ2) is 8.32. The van der Waals surface area contributed by atoms with Crippen molar-refractivity contribution in [2.75, 3.05) is 23.3 Å². The fourth-order valence-electron chi connectivity index (χ4n) is 3.33. The van der Waals surface area contributed by atoms with Crippen molar-refractivity contribution in [2.45, 2.75) is 18.9 Å². The van der Waals surface area contributed by atoms with Gasteiger partial charge in [-0.1, -0.05) is 0 Å². The van der Waals surface area contributed by atoms with Gasteiger partial charge in [0.1, 0.15) is 17.2 Å². The van der Waals surface area contributed by atoms with Crippen LogP contribution in [0.25, 0.3) is 11.3 Å². The summed E-state index contributed by atoms with van der Waals surface area (Å²) in [6.45, 7) is 1.38. The summed E-state index contributed by atoms with van der Waals surface area (Å²) >= 11 is 0. The third kappa shape index (κ3) is 4.22. The lowest BCUT2D eigenvalue weighted by Crippen LogP contribution is -2.36. The zero-order chi connectivity index (χ0) is 20.2. The Morgan fingerprint density at radius 1 is 1.10 bits per heavy atom. The van der Waals surface area contributed by atoms with E-state index in [2.05, 4.69) is 25.2 Å². The van der Waals surface area contributed by atoms with Gasteiger partial charge in [-0.15, -0.1) is 0 Å². The van der Waals surface area contributed by atoms with Crippen LogP contribution in [-0.2, 0) is 0 Å². The zero-order valence-corrected chi connectivity index (χ0v) is 15.6. The number of carbonyl (C=O) groups excluding carboxylic acids is 1.